The molecule has 0 amide bonds. The van der Waals surface area contributed by atoms with E-state index >= 15 is 0 Å². The van der Waals surface area contributed by atoms with E-state index in [1.807, 2.05) is 6.07 Å². The Morgan fingerprint density at radius 2 is 1.76 bits per heavy atom. The van der Waals surface area contributed by atoms with Crippen LogP contribution in [0, 0.1) is 0 Å². The molecule has 0 atom stereocenters. The number of pyridine rings is 1. The molecular formula is C24H29N5O4. The van der Waals surface area contributed by atoms with Crippen LogP contribution in [0.1, 0.15) is 40.5 Å². The highest BCUT2D eigenvalue weighted by Gasteiger charge is 2.43. The fourth-order valence-corrected chi connectivity index (χ4v) is 4.76. The van der Waals surface area contributed by atoms with Gasteiger partial charge in [0.1, 0.15) is 11.6 Å². The molecule has 3 heterocycles. The third-order valence-electron chi connectivity index (χ3n) is 6.64. The van der Waals surface area contributed by atoms with Gasteiger partial charge in [0.05, 0.1) is 11.2 Å². The van der Waals surface area contributed by atoms with E-state index in [2.05, 4.69) is 64.9 Å². The van der Waals surface area contributed by atoms with Gasteiger partial charge in [-0.3, -0.25) is 9.69 Å². The molecule has 1 aromatic carbocycles. The number of hydrogen-bond donors (Lipinski definition) is 3. The van der Waals surface area contributed by atoms with Crippen molar-refractivity contribution in [2.75, 3.05) is 12.4 Å². The lowest BCUT2D eigenvalue weighted by atomic mass is 9.77. The van der Waals surface area contributed by atoms with Crippen molar-refractivity contribution in [2.24, 2.45) is 0 Å². The number of fused-ring (bicyclic) bond motifs is 1. The summed E-state index contributed by atoms with van der Waals surface area (Å²) in [4.78, 5) is 17.0. The van der Waals surface area contributed by atoms with E-state index in [0.29, 0.717) is 28.0 Å². The van der Waals surface area contributed by atoms with Crippen molar-refractivity contribution in [1.29, 1.82) is 0 Å². The number of likely N-dealkylation sites (tertiary alicyclic amines) is 1. The molecule has 9 nitrogen and oxygen atoms in total. The Labute approximate surface area is 192 Å². The first-order valence-electron chi connectivity index (χ1n) is 10.8. The van der Waals surface area contributed by atoms with Crippen molar-refractivity contribution in [2.45, 2.75) is 57.7 Å². The third kappa shape index (κ3) is 4.41. The normalized spacial score (nSPS) is 18.2. The quantitative estimate of drug-likeness (QED) is 0.499. The zero-order chi connectivity index (χ0) is 24.0. The zero-order valence-corrected chi connectivity index (χ0v) is 19.5. The first-order chi connectivity index (χ1) is 15.5. The second kappa shape index (κ2) is 8.15. The van der Waals surface area contributed by atoms with Gasteiger partial charge >= 0.3 is 0 Å². The number of hydrogen-bond acceptors (Lipinski definition) is 9. The number of benzene rings is 1. The lowest BCUT2D eigenvalue weighted by Gasteiger charge is -2.53. The summed E-state index contributed by atoms with van der Waals surface area (Å²) in [5.41, 5.74) is 1.41. The van der Waals surface area contributed by atoms with E-state index in [9.17, 15) is 15.0 Å². The number of rotatable bonds is 5. The summed E-state index contributed by atoms with van der Waals surface area (Å²) in [7, 11) is 2.17. The number of carbonyl (C=O) groups excluding carboxylic acids is 1. The van der Waals surface area contributed by atoms with Crippen molar-refractivity contribution in [3.05, 3.63) is 30.3 Å². The Bertz CT molecular complexity index is 1180. The second-order valence-electron chi connectivity index (χ2n) is 9.83. The Kier molecular flexibility index (Phi) is 5.61. The molecule has 0 radical (unpaired) electrons. The first-order valence-corrected chi connectivity index (χ1v) is 10.8. The number of phenolic OH excluding ortho intramolecular Hbond substituents is 1. The van der Waals surface area contributed by atoms with Gasteiger partial charge in [-0.1, -0.05) is 0 Å². The maximum Gasteiger partial charge on any atom is 0.299 e. The van der Waals surface area contributed by atoms with Gasteiger partial charge in [-0.15, -0.1) is 10.2 Å². The largest absolute Gasteiger partial charge is 0.507 e. The molecule has 2 aromatic heterocycles. The van der Waals surface area contributed by atoms with Crippen LogP contribution in [-0.4, -0.2) is 60.9 Å². The summed E-state index contributed by atoms with van der Waals surface area (Å²) in [5, 5.41) is 33.2. The molecule has 0 unspecified atom stereocenters. The van der Waals surface area contributed by atoms with Crippen molar-refractivity contribution >= 4 is 23.2 Å². The molecule has 3 N–H and O–H groups in total. The van der Waals surface area contributed by atoms with Gasteiger partial charge in [-0.25, -0.2) is 4.98 Å². The van der Waals surface area contributed by atoms with E-state index < -0.39 is 0 Å². The molecule has 1 aliphatic heterocycles. The van der Waals surface area contributed by atoms with Crippen LogP contribution in [0.4, 0.5) is 5.82 Å². The van der Waals surface area contributed by atoms with Crippen molar-refractivity contribution < 1.29 is 19.7 Å². The molecule has 0 spiro atoms. The summed E-state index contributed by atoms with van der Waals surface area (Å²) in [5.74, 6) is 0.127. The summed E-state index contributed by atoms with van der Waals surface area (Å²) in [6, 6.07) is 8.40. The molecule has 1 aliphatic rings. The van der Waals surface area contributed by atoms with Crippen LogP contribution in [0.5, 0.6) is 17.4 Å². The fraction of sp³-hybridized carbons (Fsp3) is 0.417. The van der Waals surface area contributed by atoms with Crippen molar-refractivity contribution in [3.63, 3.8) is 0 Å². The Morgan fingerprint density at radius 3 is 2.36 bits per heavy atom. The number of carbonyl (C=O) groups is 1. The number of aromatic nitrogens is 3. The molecule has 0 bridgehead atoms. The Morgan fingerprint density at radius 1 is 1.06 bits per heavy atom. The summed E-state index contributed by atoms with van der Waals surface area (Å²) in [6.45, 7) is 9.18. The molecule has 0 saturated carbocycles. The third-order valence-corrected chi connectivity index (χ3v) is 6.64. The Hall–Kier alpha value is -3.46. The van der Waals surface area contributed by atoms with Gasteiger partial charge in [0.25, 0.3) is 12.4 Å². The highest BCUT2D eigenvalue weighted by atomic mass is 16.5. The van der Waals surface area contributed by atoms with E-state index in [-0.39, 0.29) is 41.0 Å². The molecule has 1 fully saturated rings. The zero-order valence-electron chi connectivity index (χ0n) is 19.5. The maximum atomic E-state index is 10.6. The predicted octanol–water partition coefficient (Wildman–Crippen LogP) is 3.70. The van der Waals surface area contributed by atoms with Gasteiger partial charge in [0, 0.05) is 34.1 Å². The van der Waals surface area contributed by atoms with Crippen LogP contribution in [0.3, 0.4) is 0 Å². The average Bonchev–Trinajstić information content (AvgIpc) is 2.73. The van der Waals surface area contributed by atoms with Crippen LogP contribution in [-0.2, 0) is 4.79 Å². The number of ether oxygens (including phenoxy) is 1. The van der Waals surface area contributed by atoms with E-state index in [0.717, 1.165) is 12.8 Å². The Balaban J connectivity index is 1.57. The number of aromatic hydroxyl groups is 2. The van der Waals surface area contributed by atoms with Gasteiger partial charge in [-0.2, -0.15) is 0 Å². The van der Waals surface area contributed by atoms with Crippen LogP contribution < -0.4 is 10.1 Å². The molecule has 0 aliphatic carbocycles. The summed E-state index contributed by atoms with van der Waals surface area (Å²) in [6.07, 6.45) is 1.96. The standard InChI is InChI=1S/C24H29N5O4/c1-23(2)11-15(12-24(3,4)29(23)5)25-21-7-6-17(27-28-21)16-8-14-9-20(32)22(33-13-30)26-18(14)10-19(16)31/h6-10,13,15,31-32H,11-12H2,1-5H3,(H,25,28). The lowest BCUT2D eigenvalue weighted by molar-refractivity contribution is -0.121. The van der Waals surface area contributed by atoms with E-state index in [1.54, 1.807) is 12.1 Å². The van der Waals surface area contributed by atoms with Gasteiger partial charge in [-0.05, 0) is 71.8 Å². The average molecular weight is 452 g/mol. The molecular weight excluding hydrogens is 422 g/mol. The minimum absolute atomic E-state index is 0.0495. The van der Waals surface area contributed by atoms with Crippen molar-refractivity contribution in [3.8, 4) is 28.6 Å². The monoisotopic (exact) mass is 451 g/mol. The van der Waals surface area contributed by atoms with Gasteiger partial charge in [0.15, 0.2) is 5.75 Å². The van der Waals surface area contributed by atoms with Crippen LogP contribution in [0.2, 0.25) is 0 Å². The van der Waals surface area contributed by atoms with Crippen LogP contribution in [0.15, 0.2) is 30.3 Å². The highest BCUT2D eigenvalue weighted by molar-refractivity contribution is 5.89. The second-order valence-corrected chi connectivity index (χ2v) is 9.83. The minimum Gasteiger partial charge on any atom is -0.507 e. The first kappa shape index (κ1) is 22.7. The summed E-state index contributed by atoms with van der Waals surface area (Å²) < 4.78 is 4.65. The molecule has 174 valence electrons. The van der Waals surface area contributed by atoms with Crippen molar-refractivity contribution in [1.82, 2.24) is 20.1 Å². The number of anilines is 1. The van der Waals surface area contributed by atoms with Crippen LogP contribution >= 0.6 is 0 Å². The SMILES string of the molecule is CN1C(C)(C)CC(Nc2ccc(-c3cc4cc(O)c(OC=O)nc4cc3O)nn2)CC1(C)C. The predicted molar refractivity (Wildman–Crippen MR) is 125 cm³/mol. The van der Waals surface area contributed by atoms with E-state index in [1.165, 1.54) is 12.1 Å². The topological polar surface area (TPSA) is 121 Å². The molecule has 9 heteroatoms. The van der Waals surface area contributed by atoms with Crippen LogP contribution in [0.25, 0.3) is 22.2 Å². The molecule has 3 aromatic rings. The molecule has 33 heavy (non-hydrogen) atoms. The fourth-order valence-electron chi connectivity index (χ4n) is 4.76. The number of nitrogens with zero attached hydrogens (tertiary/aromatic N) is 4. The number of phenols is 1. The van der Waals surface area contributed by atoms with Gasteiger partial charge in [0.2, 0.25) is 0 Å². The number of piperidine rings is 1. The number of nitrogens with one attached hydrogen (secondary N) is 1. The van der Waals surface area contributed by atoms with Gasteiger partial charge < -0.3 is 20.3 Å². The lowest BCUT2D eigenvalue weighted by Crippen LogP contribution is -2.61. The minimum atomic E-state index is -0.277. The smallest absolute Gasteiger partial charge is 0.299 e. The molecule has 1 saturated heterocycles. The molecule has 4 rings (SSSR count). The maximum absolute atomic E-state index is 10.6. The highest BCUT2D eigenvalue weighted by Crippen LogP contribution is 2.38. The summed E-state index contributed by atoms with van der Waals surface area (Å²) >= 11 is 0. The van der Waals surface area contributed by atoms with E-state index in [4.69, 9.17) is 0 Å².